The standard InChI is InChI=1S/C21H23ClN4O3/c1-12-13(2)26(15-5-3-4-6-15)21(17(12)10-23)25-19(27)11-29-18-8-7-14(22)9-16(18)20(24)28/h7-9,15H,3-6,11H2,1-2H3,(H2,24,28)(H,25,27). The Morgan fingerprint density at radius 1 is 1.34 bits per heavy atom. The molecule has 1 aliphatic rings. The van der Waals surface area contributed by atoms with Gasteiger partial charge in [-0.2, -0.15) is 5.26 Å². The average Bonchev–Trinajstić information content (AvgIpc) is 3.28. The molecular weight excluding hydrogens is 392 g/mol. The van der Waals surface area contributed by atoms with Crippen molar-refractivity contribution >= 4 is 29.2 Å². The number of benzene rings is 1. The summed E-state index contributed by atoms with van der Waals surface area (Å²) in [5.41, 5.74) is 7.76. The van der Waals surface area contributed by atoms with Gasteiger partial charge in [0.1, 0.15) is 17.6 Å². The quantitative estimate of drug-likeness (QED) is 0.747. The molecule has 7 nitrogen and oxygen atoms in total. The molecule has 0 atom stereocenters. The minimum atomic E-state index is -0.698. The fourth-order valence-electron chi connectivity index (χ4n) is 3.84. The number of primary amides is 1. The molecule has 0 saturated heterocycles. The fraction of sp³-hybridized carbons (Fsp3) is 0.381. The van der Waals surface area contributed by atoms with E-state index >= 15 is 0 Å². The molecule has 0 unspecified atom stereocenters. The normalized spacial score (nSPS) is 13.9. The number of hydrogen-bond acceptors (Lipinski definition) is 4. The van der Waals surface area contributed by atoms with Gasteiger partial charge in [0.25, 0.3) is 11.8 Å². The summed E-state index contributed by atoms with van der Waals surface area (Å²) in [5.74, 6) is -0.440. The van der Waals surface area contributed by atoms with E-state index in [2.05, 4.69) is 16.0 Å². The first-order chi connectivity index (χ1) is 13.8. The van der Waals surface area contributed by atoms with Crippen LogP contribution in [0.4, 0.5) is 5.82 Å². The van der Waals surface area contributed by atoms with Gasteiger partial charge < -0.3 is 20.4 Å². The van der Waals surface area contributed by atoms with E-state index in [9.17, 15) is 14.9 Å². The maximum Gasteiger partial charge on any atom is 0.263 e. The number of carbonyl (C=O) groups excluding carboxylic acids is 2. The molecule has 1 fully saturated rings. The molecule has 0 spiro atoms. The maximum atomic E-state index is 12.6. The number of amides is 2. The van der Waals surface area contributed by atoms with Crippen LogP contribution in [0.1, 0.15) is 58.9 Å². The van der Waals surface area contributed by atoms with E-state index in [-0.39, 0.29) is 24.0 Å². The molecule has 2 amide bonds. The molecule has 1 saturated carbocycles. The number of aromatic nitrogens is 1. The van der Waals surface area contributed by atoms with Crippen molar-refractivity contribution in [2.75, 3.05) is 11.9 Å². The molecule has 1 heterocycles. The third-order valence-corrected chi connectivity index (χ3v) is 5.62. The van der Waals surface area contributed by atoms with E-state index in [1.54, 1.807) is 6.07 Å². The van der Waals surface area contributed by atoms with Crippen LogP contribution in [0, 0.1) is 25.2 Å². The molecule has 152 valence electrons. The van der Waals surface area contributed by atoms with Gasteiger partial charge in [0.2, 0.25) is 0 Å². The van der Waals surface area contributed by atoms with E-state index in [1.807, 2.05) is 13.8 Å². The molecule has 3 N–H and O–H groups in total. The van der Waals surface area contributed by atoms with Gasteiger partial charge in [-0.25, -0.2) is 0 Å². The summed E-state index contributed by atoms with van der Waals surface area (Å²) in [6, 6.07) is 6.91. The molecule has 0 radical (unpaired) electrons. The Kier molecular flexibility index (Phi) is 6.14. The Morgan fingerprint density at radius 3 is 2.66 bits per heavy atom. The van der Waals surface area contributed by atoms with Crippen LogP contribution in [-0.2, 0) is 4.79 Å². The summed E-state index contributed by atoms with van der Waals surface area (Å²) in [6.45, 7) is 3.52. The van der Waals surface area contributed by atoms with Gasteiger partial charge in [0.15, 0.2) is 6.61 Å². The molecule has 0 aliphatic heterocycles. The van der Waals surface area contributed by atoms with Crippen LogP contribution in [-0.4, -0.2) is 23.0 Å². The minimum absolute atomic E-state index is 0.101. The summed E-state index contributed by atoms with van der Waals surface area (Å²) >= 11 is 5.89. The lowest BCUT2D eigenvalue weighted by Gasteiger charge is -2.19. The summed E-state index contributed by atoms with van der Waals surface area (Å²) in [7, 11) is 0. The second-order valence-corrected chi connectivity index (χ2v) is 7.63. The highest BCUT2D eigenvalue weighted by Gasteiger charge is 2.26. The second-order valence-electron chi connectivity index (χ2n) is 7.20. The Labute approximate surface area is 174 Å². The Morgan fingerprint density at radius 2 is 2.03 bits per heavy atom. The highest BCUT2D eigenvalue weighted by atomic mass is 35.5. The molecule has 3 rings (SSSR count). The van der Waals surface area contributed by atoms with Crippen LogP contribution in [0.5, 0.6) is 5.75 Å². The largest absolute Gasteiger partial charge is 0.483 e. The van der Waals surface area contributed by atoms with E-state index < -0.39 is 11.8 Å². The van der Waals surface area contributed by atoms with Gasteiger partial charge in [-0.15, -0.1) is 0 Å². The first-order valence-electron chi connectivity index (χ1n) is 9.47. The molecular formula is C21H23ClN4O3. The second kappa shape index (κ2) is 8.58. The Balaban J connectivity index is 1.80. The van der Waals surface area contributed by atoms with Gasteiger partial charge in [0.05, 0.1) is 11.1 Å². The van der Waals surface area contributed by atoms with Gasteiger partial charge in [-0.1, -0.05) is 24.4 Å². The zero-order valence-electron chi connectivity index (χ0n) is 16.4. The summed E-state index contributed by atoms with van der Waals surface area (Å²) in [5, 5.41) is 12.8. The van der Waals surface area contributed by atoms with Gasteiger partial charge in [-0.3, -0.25) is 9.59 Å². The van der Waals surface area contributed by atoms with Crippen molar-refractivity contribution in [1.29, 1.82) is 5.26 Å². The van der Waals surface area contributed by atoms with Crippen LogP contribution < -0.4 is 15.8 Å². The van der Waals surface area contributed by atoms with Crippen LogP contribution in [0.25, 0.3) is 0 Å². The lowest BCUT2D eigenvalue weighted by atomic mass is 10.2. The fourth-order valence-corrected chi connectivity index (χ4v) is 4.01. The van der Waals surface area contributed by atoms with Crippen molar-refractivity contribution < 1.29 is 14.3 Å². The van der Waals surface area contributed by atoms with Gasteiger partial charge >= 0.3 is 0 Å². The van der Waals surface area contributed by atoms with Crippen molar-refractivity contribution in [2.24, 2.45) is 5.73 Å². The lowest BCUT2D eigenvalue weighted by Crippen LogP contribution is -2.24. The molecule has 1 aromatic carbocycles. The van der Waals surface area contributed by atoms with Gasteiger partial charge in [0, 0.05) is 16.8 Å². The summed E-state index contributed by atoms with van der Waals surface area (Å²) < 4.78 is 7.57. The minimum Gasteiger partial charge on any atom is -0.483 e. The first-order valence-corrected chi connectivity index (χ1v) is 9.84. The number of rotatable bonds is 6. The van der Waals surface area contributed by atoms with Crippen molar-refractivity contribution in [3.05, 3.63) is 45.6 Å². The molecule has 1 aromatic heterocycles. The van der Waals surface area contributed by atoms with Crippen molar-refractivity contribution in [3.63, 3.8) is 0 Å². The summed E-state index contributed by atoms with van der Waals surface area (Å²) in [4.78, 5) is 24.2. The van der Waals surface area contributed by atoms with E-state index in [0.717, 1.165) is 36.9 Å². The average molecular weight is 415 g/mol. The van der Waals surface area contributed by atoms with E-state index in [0.29, 0.717) is 16.4 Å². The smallest absolute Gasteiger partial charge is 0.263 e. The number of nitrogens with zero attached hydrogens (tertiary/aromatic N) is 2. The van der Waals surface area contributed by atoms with Crippen molar-refractivity contribution in [1.82, 2.24) is 4.57 Å². The van der Waals surface area contributed by atoms with Crippen LogP contribution >= 0.6 is 11.6 Å². The predicted octanol–water partition coefficient (Wildman–Crippen LogP) is 3.86. The number of nitrogens with two attached hydrogens (primary N) is 1. The number of carbonyl (C=O) groups is 2. The van der Waals surface area contributed by atoms with Crippen molar-refractivity contribution in [3.8, 4) is 11.8 Å². The van der Waals surface area contributed by atoms with Gasteiger partial charge in [-0.05, 0) is 50.5 Å². The summed E-state index contributed by atoms with van der Waals surface area (Å²) in [6.07, 6.45) is 4.30. The Hall–Kier alpha value is -2.98. The number of halogens is 1. The van der Waals surface area contributed by atoms with E-state index in [1.165, 1.54) is 12.1 Å². The number of nitriles is 1. The van der Waals surface area contributed by atoms with Crippen LogP contribution in [0.3, 0.4) is 0 Å². The van der Waals surface area contributed by atoms with Crippen LogP contribution in [0.2, 0.25) is 5.02 Å². The predicted molar refractivity (Wildman–Crippen MR) is 110 cm³/mol. The third-order valence-electron chi connectivity index (χ3n) is 5.38. The zero-order chi connectivity index (χ0) is 21.1. The molecule has 2 aromatic rings. The number of anilines is 1. The molecule has 0 bridgehead atoms. The number of ether oxygens (including phenoxy) is 1. The number of nitrogens with one attached hydrogen (secondary N) is 1. The van der Waals surface area contributed by atoms with Crippen LogP contribution in [0.15, 0.2) is 18.2 Å². The van der Waals surface area contributed by atoms with E-state index in [4.69, 9.17) is 22.1 Å². The topological polar surface area (TPSA) is 110 Å². The monoisotopic (exact) mass is 414 g/mol. The maximum absolute atomic E-state index is 12.6. The lowest BCUT2D eigenvalue weighted by molar-refractivity contribution is -0.118. The highest BCUT2D eigenvalue weighted by molar-refractivity contribution is 6.31. The Bertz CT molecular complexity index is 1000. The SMILES string of the molecule is Cc1c(C#N)c(NC(=O)COc2ccc(Cl)cc2C(N)=O)n(C2CCCC2)c1C. The molecule has 1 aliphatic carbocycles. The molecule has 29 heavy (non-hydrogen) atoms. The third kappa shape index (κ3) is 4.22. The first kappa shape index (κ1) is 20.7. The zero-order valence-corrected chi connectivity index (χ0v) is 17.2. The molecule has 8 heteroatoms. The highest BCUT2D eigenvalue weighted by Crippen LogP contribution is 2.37. The van der Waals surface area contributed by atoms with Crippen molar-refractivity contribution in [2.45, 2.75) is 45.6 Å². The number of hydrogen-bond donors (Lipinski definition) is 2.